The van der Waals surface area contributed by atoms with E-state index in [1.165, 1.54) is 43.2 Å². The van der Waals surface area contributed by atoms with Gasteiger partial charge in [-0.2, -0.15) is 5.10 Å². The average Bonchev–Trinajstić information content (AvgIpc) is 3.28. The fourth-order valence-corrected chi connectivity index (χ4v) is 5.53. The van der Waals surface area contributed by atoms with Crippen molar-refractivity contribution in [3.8, 4) is 10.6 Å². The largest absolute Gasteiger partial charge is 0.394 e. The van der Waals surface area contributed by atoms with Crippen molar-refractivity contribution in [2.24, 2.45) is 0 Å². The Hall–Kier alpha value is -2.15. The Morgan fingerprint density at radius 2 is 1.72 bits per heavy atom. The van der Waals surface area contributed by atoms with E-state index in [0.29, 0.717) is 17.8 Å². The van der Waals surface area contributed by atoms with Crippen LogP contribution in [0, 0.1) is 0 Å². The molecule has 1 amide bonds. The molecular formula is C22H30N4O2S. The topological polar surface area (TPSA) is 81.2 Å². The quantitative estimate of drug-likeness (QED) is 0.800. The first-order valence-corrected chi connectivity index (χ1v) is 11.7. The minimum absolute atomic E-state index is 0.0149. The zero-order valence-electron chi connectivity index (χ0n) is 16.9. The van der Waals surface area contributed by atoms with Gasteiger partial charge in [0.2, 0.25) is 5.91 Å². The number of rotatable bonds is 5. The monoisotopic (exact) mass is 414 g/mol. The zero-order valence-corrected chi connectivity index (χ0v) is 17.7. The van der Waals surface area contributed by atoms with E-state index in [2.05, 4.69) is 10.00 Å². The lowest BCUT2D eigenvalue weighted by molar-refractivity contribution is -0.139. The molecule has 0 atom stereocenters. The Labute approximate surface area is 175 Å². The van der Waals surface area contributed by atoms with Crippen molar-refractivity contribution < 1.29 is 4.79 Å². The van der Waals surface area contributed by atoms with Crippen molar-refractivity contribution in [2.45, 2.75) is 82.8 Å². The molecule has 29 heavy (non-hydrogen) atoms. The molecule has 2 heterocycles. The summed E-state index contributed by atoms with van der Waals surface area (Å²) in [6, 6.07) is 6.09. The number of carbonyl (C=O) groups excluding carboxylic acids is 1. The van der Waals surface area contributed by atoms with Crippen LogP contribution in [-0.4, -0.2) is 32.7 Å². The van der Waals surface area contributed by atoms with Crippen molar-refractivity contribution >= 4 is 22.9 Å². The molecule has 2 saturated carbocycles. The van der Waals surface area contributed by atoms with E-state index in [-0.39, 0.29) is 23.7 Å². The smallest absolute Gasteiger partial charge is 0.290 e. The van der Waals surface area contributed by atoms with Gasteiger partial charge in [0.05, 0.1) is 4.88 Å². The van der Waals surface area contributed by atoms with Gasteiger partial charge in [-0.25, -0.2) is 4.68 Å². The van der Waals surface area contributed by atoms with Gasteiger partial charge in [-0.3, -0.25) is 9.59 Å². The maximum absolute atomic E-state index is 13.5. The summed E-state index contributed by atoms with van der Waals surface area (Å²) >= 11 is 1.54. The van der Waals surface area contributed by atoms with E-state index in [1.807, 2.05) is 17.5 Å². The maximum Gasteiger partial charge on any atom is 0.290 e. The second kappa shape index (κ2) is 9.11. The van der Waals surface area contributed by atoms with Crippen LogP contribution in [0.15, 0.2) is 28.4 Å². The molecule has 0 spiro atoms. The Bertz CT molecular complexity index is 863. The van der Waals surface area contributed by atoms with Gasteiger partial charge in [0.1, 0.15) is 17.9 Å². The highest BCUT2D eigenvalue weighted by Gasteiger charge is 2.32. The van der Waals surface area contributed by atoms with E-state index >= 15 is 0 Å². The number of aromatic nitrogens is 2. The molecule has 2 aromatic heterocycles. The third-order valence-corrected chi connectivity index (χ3v) is 7.18. The van der Waals surface area contributed by atoms with E-state index < -0.39 is 0 Å². The molecule has 0 unspecified atom stereocenters. The number of anilines is 1. The van der Waals surface area contributed by atoms with Crippen molar-refractivity contribution in [2.75, 3.05) is 5.73 Å². The number of amides is 1. The predicted octanol–water partition coefficient (Wildman–Crippen LogP) is 4.05. The van der Waals surface area contributed by atoms with Crippen LogP contribution in [0.3, 0.4) is 0 Å². The van der Waals surface area contributed by atoms with Crippen molar-refractivity contribution in [1.82, 2.24) is 14.7 Å². The summed E-state index contributed by atoms with van der Waals surface area (Å²) in [7, 11) is 0. The zero-order chi connectivity index (χ0) is 20.2. The van der Waals surface area contributed by atoms with Crippen LogP contribution < -0.4 is 11.3 Å². The van der Waals surface area contributed by atoms with Crippen molar-refractivity contribution in [1.29, 1.82) is 0 Å². The molecule has 0 radical (unpaired) electrons. The molecule has 6 nitrogen and oxygen atoms in total. The molecule has 0 saturated heterocycles. The summed E-state index contributed by atoms with van der Waals surface area (Å²) in [4.78, 5) is 29.1. The van der Waals surface area contributed by atoms with Gasteiger partial charge in [0, 0.05) is 12.1 Å². The van der Waals surface area contributed by atoms with E-state index in [4.69, 9.17) is 5.73 Å². The molecule has 7 heteroatoms. The lowest BCUT2D eigenvalue weighted by atomic mass is 9.88. The SMILES string of the molecule is Nc1cc(-c2cccs2)nn(CC(=O)N(C2CCCCC2)C2CCCCC2)c1=O. The summed E-state index contributed by atoms with van der Waals surface area (Å²) < 4.78 is 1.27. The fraction of sp³-hybridized carbons (Fsp3) is 0.591. The minimum atomic E-state index is -0.383. The Morgan fingerprint density at radius 3 is 2.28 bits per heavy atom. The molecule has 2 aromatic rings. The number of carbonyl (C=O) groups is 1. The summed E-state index contributed by atoms with van der Waals surface area (Å²) in [5.74, 6) is 0.0149. The van der Waals surface area contributed by atoms with Gasteiger partial charge in [0.25, 0.3) is 5.56 Å². The van der Waals surface area contributed by atoms with Gasteiger partial charge in [-0.05, 0) is 43.2 Å². The third kappa shape index (κ3) is 4.55. The van der Waals surface area contributed by atoms with Crippen molar-refractivity contribution in [3.05, 3.63) is 33.9 Å². The Balaban J connectivity index is 1.60. The summed E-state index contributed by atoms with van der Waals surface area (Å²) in [6.45, 7) is -0.0325. The summed E-state index contributed by atoms with van der Waals surface area (Å²) in [5, 5.41) is 6.44. The molecule has 2 N–H and O–H groups in total. The lowest BCUT2D eigenvalue weighted by Gasteiger charge is -2.41. The number of hydrogen-bond donors (Lipinski definition) is 1. The predicted molar refractivity (Wildman–Crippen MR) is 117 cm³/mol. The highest BCUT2D eigenvalue weighted by molar-refractivity contribution is 7.13. The lowest BCUT2D eigenvalue weighted by Crippen LogP contribution is -2.50. The van der Waals surface area contributed by atoms with Crippen LogP contribution in [0.4, 0.5) is 5.69 Å². The standard InChI is InChI=1S/C22H30N4O2S/c23-18-14-19(20-12-7-13-29-20)24-25(22(18)28)15-21(27)26(16-8-3-1-4-9-16)17-10-5-2-6-11-17/h7,12-14,16-17H,1-6,8-11,15,23H2. The van der Waals surface area contributed by atoms with Gasteiger partial charge < -0.3 is 10.6 Å². The Kier molecular flexibility index (Phi) is 6.33. The second-order valence-corrected chi connectivity index (χ2v) is 9.26. The first-order chi connectivity index (χ1) is 14.1. The fourth-order valence-electron chi connectivity index (χ4n) is 4.85. The molecule has 2 aliphatic carbocycles. The van der Waals surface area contributed by atoms with E-state index in [1.54, 1.807) is 17.4 Å². The van der Waals surface area contributed by atoms with Crippen LogP contribution in [0.5, 0.6) is 0 Å². The Morgan fingerprint density at radius 1 is 1.10 bits per heavy atom. The molecule has 4 rings (SSSR count). The molecule has 156 valence electrons. The molecular weight excluding hydrogens is 384 g/mol. The second-order valence-electron chi connectivity index (χ2n) is 8.31. The van der Waals surface area contributed by atoms with Crippen LogP contribution in [0.25, 0.3) is 10.6 Å². The van der Waals surface area contributed by atoms with Crippen LogP contribution in [0.2, 0.25) is 0 Å². The van der Waals surface area contributed by atoms with Gasteiger partial charge >= 0.3 is 0 Å². The molecule has 2 aliphatic rings. The van der Waals surface area contributed by atoms with E-state index in [0.717, 1.165) is 30.6 Å². The van der Waals surface area contributed by atoms with Crippen LogP contribution >= 0.6 is 11.3 Å². The summed E-state index contributed by atoms with van der Waals surface area (Å²) in [5.41, 5.74) is 6.37. The summed E-state index contributed by atoms with van der Waals surface area (Å²) in [6.07, 6.45) is 11.5. The van der Waals surface area contributed by atoms with Gasteiger partial charge in [-0.1, -0.05) is 44.6 Å². The minimum Gasteiger partial charge on any atom is -0.394 e. The number of nitrogens with zero attached hydrogens (tertiary/aromatic N) is 3. The number of nitrogens with two attached hydrogens (primary N) is 1. The highest BCUT2D eigenvalue weighted by atomic mass is 32.1. The first-order valence-electron chi connectivity index (χ1n) is 10.9. The first kappa shape index (κ1) is 20.1. The van der Waals surface area contributed by atoms with Crippen LogP contribution in [0.1, 0.15) is 64.2 Å². The van der Waals surface area contributed by atoms with Crippen molar-refractivity contribution in [3.63, 3.8) is 0 Å². The maximum atomic E-state index is 13.5. The number of thiophene rings is 1. The highest BCUT2D eigenvalue weighted by Crippen LogP contribution is 2.30. The molecule has 0 aliphatic heterocycles. The molecule has 0 bridgehead atoms. The average molecular weight is 415 g/mol. The van der Waals surface area contributed by atoms with Gasteiger partial charge in [-0.15, -0.1) is 11.3 Å². The molecule has 0 aromatic carbocycles. The third-order valence-electron chi connectivity index (χ3n) is 6.28. The normalized spacial score (nSPS) is 18.6. The number of nitrogen functional groups attached to an aromatic ring is 1. The van der Waals surface area contributed by atoms with E-state index in [9.17, 15) is 9.59 Å². The van der Waals surface area contributed by atoms with Crippen LogP contribution in [-0.2, 0) is 11.3 Å². The number of hydrogen-bond acceptors (Lipinski definition) is 5. The molecule has 2 fully saturated rings. The van der Waals surface area contributed by atoms with Gasteiger partial charge in [0.15, 0.2) is 0 Å².